The van der Waals surface area contributed by atoms with Gasteiger partial charge in [-0.1, -0.05) is 30.3 Å². The summed E-state index contributed by atoms with van der Waals surface area (Å²) in [7, 11) is 3.30. The molecule has 1 aliphatic heterocycles. The molecule has 0 aliphatic carbocycles. The highest BCUT2D eigenvalue weighted by Gasteiger charge is 2.37. The highest BCUT2D eigenvalue weighted by Crippen LogP contribution is 2.19. The summed E-state index contributed by atoms with van der Waals surface area (Å²) in [6.45, 7) is 1.48. The number of nitrogens with two attached hydrogens (primary N) is 1. The summed E-state index contributed by atoms with van der Waals surface area (Å²) in [6, 6.07) is 9.97. The largest absolute Gasteiger partial charge is 0.377 e. The fourth-order valence-electron chi connectivity index (χ4n) is 2.80. The van der Waals surface area contributed by atoms with E-state index in [4.69, 9.17) is 15.2 Å². The van der Waals surface area contributed by atoms with E-state index in [2.05, 4.69) is 0 Å². The summed E-state index contributed by atoms with van der Waals surface area (Å²) in [5.41, 5.74) is 6.95. The number of amides is 1. The standard InChI is InChI=1S/C16H24N2O3/c1-20-14-10-18(11-15(14)21-2)16(19)13(9-17)8-12-6-4-3-5-7-12/h3-7,13-15H,8-11,17H2,1-2H3. The topological polar surface area (TPSA) is 64.8 Å². The monoisotopic (exact) mass is 292 g/mol. The summed E-state index contributed by atoms with van der Waals surface area (Å²) >= 11 is 0. The minimum atomic E-state index is -0.194. The van der Waals surface area contributed by atoms with Gasteiger partial charge >= 0.3 is 0 Å². The average molecular weight is 292 g/mol. The number of rotatable bonds is 6. The number of ether oxygens (including phenoxy) is 2. The van der Waals surface area contributed by atoms with E-state index in [0.717, 1.165) is 5.56 Å². The lowest BCUT2D eigenvalue weighted by Gasteiger charge is -2.22. The number of hydrogen-bond acceptors (Lipinski definition) is 4. The van der Waals surface area contributed by atoms with Gasteiger partial charge in [-0.15, -0.1) is 0 Å². The molecule has 1 aliphatic rings. The molecule has 0 bridgehead atoms. The van der Waals surface area contributed by atoms with Crippen molar-refractivity contribution in [1.29, 1.82) is 0 Å². The Hall–Kier alpha value is -1.43. The maximum Gasteiger partial charge on any atom is 0.227 e. The first-order valence-electron chi connectivity index (χ1n) is 7.28. The third-order valence-corrected chi connectivity index (χ3v) is 4.09. The number of benzene rings is 1. The van der Waals surface area contributed by atoms with Crippen LogP contribution in [0.1, 0.15) is 5.56 Å². The third-order valence-electron chi connectivity index (χ3n) is 4.09. The van der Waals surface area contributed by atoms with Crippen molar-refractivity contribution in [3.63, 3.8) is 0 Å². The molecule has 5 heteroatoms. The lowest BCUT2D eigenvalue weighted by atomic mass is 9.98. The molecule has 2 rings (SSSR count). The van der Waals surface area contributed by atoms with Gasteiger partial charge in [0.2, 0.25) is 5.91 Å². The van der Waals surface area contributed by atoms with Crippen molar-refractivity contribution < 1.29 is 14.3 Å². The Morgan fingerprint density at radius 2 is 1.81 bits per heavy atom. The van der Waals surface area contributed by atoms with Crippen molar-refractivity contribution in [2.45, 2.75) is 18.6 Å². The van der Waals surface area contributed by atoms with Gasteiger partial charge in [0.15, 0.2) is 0 Å². The second-order valence-electron chi connectivity index (χ2n) is 5.41. The Morgan fingerprint density at radius 3 is 2.29 bits per heavy atom. The number of hydrogen-bond donors (Lipinski definition) is 1. The summed E-state index contributed by atoms with van der Waals surface area (Å²) in [4.78, 5) is 14.4. The van der Waals surface area contributed by atoms with Crippen LogP contribution in [0.4, 0.5) is 0 Å². The number of methoxy groups -OCH3 is 2. The zero-order valence-electron chi connectivity index (χ0n) is 12.7. The van der Waals surface area contributed by atoms with Crippen molar-refractivity contribution in [2.75, 3.05) is 33.9 Å². The molecule has 21 heavy (non-hydrogen) atoms. The number of carbonyl (C=O) groups excluding carboxylic acids is 1. The molecular weight excluding hydrogens is 268 g/mol. The van der Waals surface area contributed by atoms with Gasteiger partial charge in [0.1, 0.15) is 12.2 Å². The Balaban J connectivity index is 2.00. The average Bonchev–Trinajstić information content (AvgIpc) is 2.96. The second-order valence-corrected chi connectivity index (χ2v) is 5.41. The molecule has 3 unspecified atom stereocenters. The van der Waals surface area contributed by atoms with Gasteiger partial charge < -0.3 is 20.1 Å². The highest BCUT2D eigenvalue weighted by molar-refractivity contribution is 5.79. The molecule has 0 radical (unpaired) electrons. The Bertz CT molecular complexity index is 440. The second kappa shape index (κ2) is 7.54. The van der Waals surface area contributed by atoms with E-state index in [9.17, 15) is 4.79 Å². The van der Waals surface area contributed by atoms with Gasteiger partial charge in [-0.25, -0.2) is 0 Å². The molecule has 116 valence electrons. The molecular formula is C16H24N2O3. The fourth-order valence-corrected chi connectivity index (χ4v) is 2.80. The molecule has 5 nitrogen and oxygen atoms in total. The van der Waals surface area contributed by atoms with Gasteiger partial charge in [-0.3, -0.25) is 4.79 Å². The number of likely N-dealkylation sites (tertiary alicyclic amines) is 1. The van der Waals surface area contributed by atoms with Crippen molar-refractivity contribution in [1.82, 2.24) is 4.90 Å². The molecule has 1 aromatic rings. The van der Waals surface area contributed by atoms with Crippen LogP contribution in [0.15, 0.2) is 30.3 Å². The van der Waals surface area contributed by atoms with E-state index < -0.39 is 0 Å². The van der Waals surface area contributed by atoms with E-state index in [1.807, 2.05) is 35.2 Å². The molecule has 1 saturated heterocycles. The van der Waals surface area contributed by atoms with Crippen LogP contribution in [-0.4, -0.2) is 56.9 Å². The van der Waals surface area contributed by atoms with Crippen molar-refractivity contribution >= 4 is 5.91 Å². The first kappa shape index (κ1) is 15.9. The zero-order valence-corrected chi connectivity index (χ0v) is 12.7. The summed E-state index contributed by atoms with van der Waals surface area (Å²) in [5, 5.41) is 0. The molecule has 0 spiro atoms. The molecule has 3 atom stereocenters. The van der Waals surface area contributed by atoms with Crippen LogP contribution in [0, 0.1) is 5.92 Å². The Morgan fingerprint density at radius 1 is 1.24 bits per heavy atom. The van der Waals surface area contributed by atoms with Crippen molar-refractivity contribution in [3.8, 4) is 0 Å². The Kier molecular flexibility index (Phi) is 5.73. The summed E-state index contributed by atoms with van der Waals surface area (Å²) in [5.74, 6) is -0.108. The number of carbonyl (C=O) groups is 1. The van der Waals surface area contributed by atoms with Gasteiger partial charge in [-0.05, 0) is 12.0 Å². The summed E-state index contributed by atoms with van der Waals surface area (Å²) in [6.07, 6.45) is 0.547. The van der Waals surface area contributed by atoms with Crippen molar-refractivity contribution in [2.24, 2.45) is 11.7 Å². The highest BCUT2D eigenvalue weighted by atomic mass is 16.5. The molecule has 0 aromatic heterocycles. The van der Waals surface area contributed by atoms with Gasteiger partial charge in [0, 0.05) is 33.9 Å². The smallest absolute Gasteiger partial charge is 0.227 e. The van der Waals surface area contributed by atoms with E-state index in [0.29, 0.717) is 26.1 Å². The first-order valence-corrected chi connectivity index (χ1v) is 7.28. The van der Waals surface area contributed by atoms with E-state index >= 15 is 0 Å². The molecule has 0 saturated carbocycles. The molecule has 1 amide bonds. The Labute approximate surface area is 126 Å². The van der Waals surface area contributed by atoms with Crippen molar-refractivity contribution in [3.05, 3.63) is 35.9 Å². The molecule has 1 fully saturated rings. The normalized spacial score (nSPS) is 23.3. The minimum Gasteiger partial charge on any atom is -0.377 e. The summed E-state index contributed by atoms with van der Waals surface area (Å²) < 4.78 is 10.8. The van der Waals surface area contributed by atoms with Crippen LogP contribution in [0.25, 0.3) is 0 Å². The lowest BCUT2D eigenvalue weighted by Crippen LogP contribution is -2.39. The van der Waals surface area contributed by atoms with Gasteiger partial charge in [0.25, 0.3) is 0 Å². The zero-order chi connectivity index (χ0) is 15.2. The van der Waals surface area contributed by atoms with E-state index in [1.54, 1.807) is 14.2 Å². The van der Waals surface area contributed by atoms with Crippen LogP contribution in [0.3, 0.4) is 0 Å². The third kappa shape index (κ3) is 3.81. The van der Waals surface area contributed by atoms with Crippen LogP contribution in [0.5, 0.6) is 0 Å². The van der Waals surface area contributed by atoms with Crippen LogP contribution < -0.4 is 5.73 Å². The SMILES string of the molecule is COC1CN(C(=O)C(CN)Cc2ccccc2)CC1OC. The van der Waals surface area contributed by atoms with E-state index in [-0.39, 0.29) is 24.0 Å². The maximum atomic E-state index is 12.6. The minimum absolute atomic E-state index is 0.0610. The fraction of sp³-hybridized carbons (Fsp3) is 0.562. The van der Waals surface area contributed by atoms with Gasteiger partial charge in [0.05, 0.1) is 5.92 Å². The van der Waals surface area contributed by atoms with Crippen LogP contribution >= 0.6 is 0 Å². The molecule has 1 heterocycles. The van der Waals surface area contributed by atoms with Gasteiger partial charge in [-0.2, -0.15) is 0 Å². The maximum absolute atomic E-state index is 12.6. The van der Waals surface area contributed by atoms with Crippen LogP contribution in [0.2, 0.25) is 0 Å². The molecule has 1 aromatic carbocycles. The molecule has 2 N–H and O–H groups in total. The predicted molar refractivity (Wildman–Crippen MR) is 80.9 cm³/mol. The van der Waals surface area contributed by atoms with E-state index in [1.165, 1.54) is 0 Å². The van der Waals surface area contributed by atoms with Crippen LogP contribution in [-0.2, 0) is 20.7 Å². The number of nitrogens with zero attached hydrogens (tertiary/aromatic N) is 1. The quantitative estimate of drug-likeness (QED) is 0.837. The predicted octanol–water partition coefficient (Wildman–Crippen LogP) is 0.676. The first-order chi connectivity index (χ1) is 10.2. The lowest BCUT2D eigenvalue weighted by molar-refractivity contribution is -0.134.